The van der Waals surface area contributed by atoms with Gasteiger partial charge in [0.1, 0.15) is 0 Å². The molecule has 0 fully saturated rings. The fourth-order valence-electron chi connectivity index (χ4n) is 1.51. The van der Waals surface area contributed by atoms with Crippen molar-refractivity contribution >= 4 is 0 Å². The standard InChI is InChI=1S/C10H25N3/c1-5-6-7-8-10(2,9-11)12-13(3)4/h12H,5-9,11H2,1-4H3. The molecular formula is C10H25N3. The molecule has 0 aromatic heterocycles. The van der Waals surface area contributed by atoms with Gasteiger partial charge in [0.25, 0.3) is 0 Å². The predicted molar refractivity (Wildman–Crippen MR) is 58.4 cm³/mol. The summed E-state index contributed by atoms with van der Waals surface area (Å²) in [5.41, 5.74) is 9.19. The lowest BCUT2D eigenvalue weighted by molar-refractivity contribution is 0.164. The Bertz CT molecular complexity index is 125. The number of nitrogens with two attached hydrogens (primary N) is 1. The van der Waals surface area contributed by atoms with Gasteiger partial charge in [-0.3, -0.25) is 5.01 Å². The Balaban J connectivity index is 3.81. The summed E-state index contributed by atoms with van der Waals surface area (Å²) in [6, 6.07) is 0. The molecule has 0 heterocycles. The van der Waals surface area contributed by atoms with E-state index in [9.17, 15) is 0 Å². The topological polar surface area (TPSA) is 41.3 Å². The Morgan fingerprint density at radius 1 is 1.31 bits per heavy atom. The quantitative estimate of drug-likeness (QED) is 0.467. The number of unbranched alkanes of at least 4 members (excludes halogenated alkanes) is 2. The van der Waals surface area contributed by atoms with Gasteiger partial charge in [-0.15, -0.1) is 0 Å². The number of rotatable bonds is 7. The maximum Gasteiger partial charge on any atom is 0.0419 e. The number of nitrogens with zero attached hydrogens (tertiary/aromatic N) is 1. The maximum atomic E-state index is 5.75. The summed E-state index contributed by atoms with van der Waals surface area (Å²) in [6.07, 6.45) is 4.97. The molecule has 0 bridgehead atoms. The SMILES string of the molecule is CCCCCC(C)(CN)NN(C)C. The Labute approximate surface area is 82.6 Å². The van der Waals surface area contributed by atoms with Crippen LogP contribution in [0.5, 0.6) is 0 Å². The van der Waals surface area contributed by atoms with Gasteiger partial charge < -0.3 is 5.73 Å². The summed E-state index contributed by atoms with van der Waals surface area (Å²) in [7, 11) is 4.02. The molecular weight excluding hydrogens is 162 g/mol. The second-order valence-corrected chi connectivity index (χ2v) is 4.23. The van der Waals surface area contributed by atoms with Gasteiger partial charge in [0, 0.05) is 26.2 Å². The molecule has 0 rings (SSSR count). The summed E-state index contributed by atoms with van der Waals surface area (Å²) >= 11 is 0. The fraction of sp³-hybridized carbons (Fsp3) is 1.00. The van der Waals surface area contributed by atoms with E-state index in [0.717, 1.165) is 6.42 Å². The zero-order chi connectivity index (χ0) is 10.3. The first kappa shape index (κ1) is 12.9. The van der Waals surface area contributed by atoms with Crippen LogP contribution in [-0.4, -0.2) is 31.2 Å². The van der Waals surface area contributed by atoms with Crippen molar-refractivity contribution in [3.63, 3.8) is 0 Å². The van der Waals surface area contributed by atoms with E-state index in [1.165, 1.54) is 19.3 Å². The first-order valence-corrected chi connectivity index (χ1v) is 5.19. The highest BCUT2D eigenvalue weighted by molar-refractivity contribution is 4.82. The molecule has 0 aromatic rings. The van der Waals surface area contributed by atoms with Crippen LogP contribution in [0.15, 0.2) is 0 Å². The van der Waals surface area contributed by atoms with Crippen molar-refractivity contribution in [2.45, 2.75) is 45.1 Å². The Morgan fingerprint density at radius 3 is 2.31 bits per heavy atom. The minimum absolute atomic E-state index is 0.0681. The molecule has 0 spiro atoms. The minimum atomic E-state index is 0.0681. The summed E-state index contributed by atoms with van der Waals surface area (Å²) in [4.78, 5) is 0. The maximum absolute atomic E-state index is 5.75. The highest BCUT2D eigenvalue weighted by atomic mass is 15.5. The van der Waals surface area contributed by atoms with Crippen molar-refractivity contribution < 1.29 is 0 Å². The lowest BCUT2D eigenvalue weighted by Crippen LogP contribution is -2.54. The normalized spacial score (nSPS) is 16.2. The summed E-state index contributed by atoms with van der Waals surface area (Å²) in [6.45, 7) is 5.09. The molecule has 0 saturated carbocycles. The van der Waals surface area contributed by atoms with E-state index >= 15 is 0 Å². The minimum Gasteiger partial charge on any atom is -0.329 e. The molecule has 3 heteroatoms. The molecule has 0 saturated heterocycles. The molecule has 1 unspecified atom stereocenters. The number of hydrogen-bond acceptors (Lipinski definition) is 3. The third-order valence-electron chi connectivity index (χ3n) is 2.28. The van der Waals surface area contributed by atoms with Crippen LogP contribution in [0.4, 0.5) is 0 Å². The van der Waals surface area contributed by atoms with Crippen molar-refractivity contribution in [3.8, 4) is 0 Å². The summed E-state index contributed by atoms with van der Waals surface area (Å²) in [5.74, 6) is 0. The van der Waals surface area contributed by atoms with Crippen LogP contribution in [0.2, 0.25) is 0 Å². The molecule has 0 aliphatic rings. The molecule has 0 aromatic carbocycles. The van der Waals surface area contributed by atoms with Crippen LogP contribution in [0.1, 0.15) is 39.5 Å². The summed E-state index contributed by atoms with van der Waals surface area (Å²) < 4.78 is 0. The van der Waals surface area contributed by atoms with Gasteiger partial charge in [0.2, 0.25) is 0 Å². The molecule has 0 aliphatic carbocycles. The van der Waals surface area contributed by atoms with Crippen LogP contribution in [0, 0.1) is 0 Å². The third kappa shape index (κ3) is 6.02. The molecule has 3 N–H and O–H groups in total. The van der Waals surface area contributed by atoms with Gasteiger partial charge in [-0.2, -0.15) is 0 Å². The average Bonchev–Trinajstić information content (AvgIpc) is 2.04. The summed E-state index contributed by atoms with van der Waals surface area (Å²) in [5, 5.41) is 1.98. The van der Waals surface area contributed by atoms with Crippen molar-refractivity contribution in [1.82, 2.24) is 10.4 Å². The van der Waals surface area contributed by atoms with Gasteiger partial charge in [-0.25, -0.2) is 5.43 Å². The third-order valence-corrected chi connectivity index (χ3v) is 2.28. The van der Waals surface area contributed by atoms with E-state index in [2.05, 4.69) is 19.3 Å². The van der Waals surface area contributed by atoms with Crippen LogP contribution in [-0.2, 0) is 0 Å². The van der Waals surface area contributed by atoms with Crippen molar-refractivity contribution in [2.75, 3.05) is 20.6 Å². The van der Waals surface area contributed by atoms with Crippen LogP contribution in [0.25, 0.3) is 0 Å². The highest BCUT2D eigenvalue weighted by Gasteiger charge is 2.21. The van der Waals surface area contributed by atoms with E-state index in [1.807, 2.05) is 19.1 Å². The van der Waals surface area contributed by atoms with Gasteiger partial charge in [0.15, 0.2) is 0 Å². The molecule has 3 nitrogen and oxygen atoms in total. The second kappa shape index (κ2) is 6.35. The fourth-order valence-corrected chi connectivity index (χ4v) is 1.51. The van der Waals surface area contributed by atoms with Crippen LogP contribution < -0.4 is 11.2 Å². The molecule has 80 valence electrons. The zero-order valence-corrected chi connectivity index (χ0v) is 9.56. The number of hydrazine groups is 1. The van der Waals surface area contributed by atoms with E-state index in [0.29, 0.717) is 6.54 Å². The van der Waals surface area contributed by atoms with Gasteiger partial charge in [-0.05, 0) is 13.3 Å². The molecule has 0 aliphatic heterocycles. The lowest BCUT2D eigenvalue weighted by atomic mass is 9.95. The van der Waals surface area contributed by atoms with Gasteiger partial charge in [-0.1, -0.05) is 26.2 Å². The number of hydrogen-bond donors (Lipinski definition) is 2. The van der Waals surface area contributed by atoms with Crippen LogP contribution in [0.3, 0.4) is 0 Å². The lowest BCUT2D eigenvalue weighted by Gasteiger charge is -2.32. The number of nitrogens with one attached hydrogen (secondary N) is 1. The Hall–Kier alpha value is -0.120. The van der Waals surface area contributed by atoms with E-state index in [-0.39, 0.29) is 5.54 Å². The monoisotopic (exact) mass is 187 g/mol. The van der Waals surface area contributed by atoms with E-state index in [1.54, 1.807) is 0 Å². The Kier molecular flexibility index (Phi) is 6.29. The van der Waals surface area contributed by atoms with Crippen molar-refractivity contribution in [3.05, 3.63) is 0 Å². The molecule has 0 amide bonds. The van der Waals surface area contributed by atoms with Crippen LogP contribution >= 0.6 is 0 Å². The van der Waals surface area contributed by atoms with E-state index < -0.39 is 0 Å². The van der Waals surface area contributed by atoms with Crippen molar-refractivity contribution in [1.29, 1.82) is 0 Å². The zero-order valence-electron chi connectivity index (χ0n) is 9.56. The smallest absolute Gasteiger partial charge is 0.0419 e. The highest BCUT2D eigenvalue weighted by Crippen LogP contribution is 2.13. The molecule has 0 radical (unpaired) electrons. The van der Waals surface area contributed by atoms with Crippen molar-refractivity contribution in [2.24, 2.45) is 5.73 Å². The van der Waals surface area contributed by atoms with Gasteiger partial charge >= 0.3 is 0 Å². The first-order valence-electron chi connectivity index (χ1n) is 5.19. The molecule has 1 atom stereocenters. The molecule has 13 heavy (non-hydrogen) atoms. The Morgan fingerprint density at radius 2 is 1.92 bits per heavy atom. The van der Waals surface area contributed by atoms with E-state index in [4.69, 9.17) is 5.73 Å². The average molecular weight is 187 g/mol. The van der Waals surface area contributed by atoms with Gasteiger partial charge in [0.05, 0.1) is 0 Å². The second-order valence-electron chi connectivity index (χ2n) is 4.23. The first-order chi connectivity index (χ1) is 6.04. The predicted octanol–water partition coefficient (Wildman–Crippen LogP) is 1.35. The largest absolute Gasteiger partial charge is 0.329 e.